The summed E-state index contributed by atoms with van der Waals surface area (Å²) in [6.45, 7) is 12.9. The van der Waals surface area contributed by atoms with Gasteiger partial charge in [0.1, 0.15) is 0 Å². The Hall–Kier alpha value is -0.530. The molecular weight excluding hydrogens is 160 g/mol. The maximum absolute atomic E-state index is 5.59. The minimum Gasteiger partial charge on any atom is -0.388 e. The third kappa shape index (κ3) is 5.67. The predicted octanol–water partition coefficient (Wildman–Crippen LogP) is 2.97. The highest BCUT2D eigenvalue weighted by Crippen LogP contribution is 2.32. The van der Waals surface area contributed by atoms with Gasteiger partial charge < -0.3 is 5.73 Å². The fourth-order valence-corrected chi connectivity index (χ4v) is 1.81. The number of rotatable bonds is 4. The Morgan fingerprint density at radius 3 is 2.00 bits per heavy atom. The summed E-state index contributed by atoms with van der Waals surface area (Å²) in [6, 6.07) is 0. The van der Waals surface area contributed by atoms with Crippen molar-refractivity contribution in [1.82, 2.24) is 0 Å². The fraction of sp³-hybridized carbons (Fsp3) is 0.909. The Morgan fingerprint density at radius 2 is 1.69 bits per heavy atom. The summed E-state index contributed by atoms with van der Waals surface area (Å²) >= 11 is 0. The van der Waals surface area contributed by atoms with E-state index in [1.54, 1.807) is 0 Å². The van der Waals surface area contributed by atoms with Crippen molar-refractivity contribution in [2.45, 2.75) is 59.9 Å². The molecule has 0 atom stereocenters. The average Bonchev–Trinajstić information content (AvgIpc) is 1.81. The minimum atomic E-state index is -0.0294. The van der Waals surface area contributed by atoms with Crippen molar-refractivity contribution in [3.63, 3.8) is 0 Å². The van der Waals surface area contributed by atoms with Crippen molar-refractivity contribution >= 4 is 5.84 Å². The number of hydrogen-bond donors (Lipinski definition) is 1. The van der Waals surface area contributed by atoms with Gasteiger partial charge in [0.15, 0.2) is 0 Å². The SMILES string of the molecule is CCC(C)(C)CC(C)(C)N=C(C)N. The third-order valence-electron chi connectivity index (χ3n) is 2.35. The molecule has 0 fully saturated rings. The highest BCUT2D eigenvalue weighted by Gasteiger charge is 2.26. The van der Waals surface area contributed by atoms with E-state index in [9.17, 15) is 0 Å². The van der Waals surface area contributed by atoms with Gasteiger partial charge in [0.2, 0.25) is 0 Å². The summed E-state index contributed by atoms with van der Waals surface area (Å²) in [5.74, 6) is 0.678. The Bertz CT molecular complexity index is 186. The van der Waals surface area contributed by atoms with E-state index < -0.39 is 0 Å². The van der Waals surface area contributed by atoms with Crippen LogP contribution in [-0.4, -0.2) is 11.4 Å². The van der Waals surface area contributed by atoms with Crippen molar-refractivity contribution in [3.05, 3.63) is 0 Å². The van der Waals surface area contributed by atoms with Crippen LogP contribution in [-0.2, 0) is 0 Å². The van der Waals surface area contributed by atoms with E-state index >= 15 is 0 Å². The zero-order valence-electron chi connectivity index (χ0n) is 9.94. The Kier molecular flexibility index (Phi) is 3.95. The van der Waals surface area contributed by atoms with Crippen molar-refractivity contribution in [2.24, 2.45) is 16.1 Å². The van der Waals surface area contributed by atoms with Crippen molar-refractivity contribution in [2.75, 3.05) is 0 Å². The van der Waals surface area contributed by atoms with Gasteiger partial charge in [-0.15, -0.1) is 0 Å². The molecule has 0 aliphatic heterocycles. The van der Waals surface area contributed by atoms with Crippen molar-refractivity contribution in [1.29, 1.82) is 0 Å². The van der Waals surface area contributed by atoms with Gasteiger partial charge in [-0.05, 0) is 32.6 Å². The number of nitrogens with two attached hydrogens (primary N) is 1. The molecule has 0 aliphatic carbocycles. The molecule has 0 saturated heterocycles. The van der Waals surface area contributed by atoms with E-state index in [4.69, 9.17) is 5.73 Å². The van der Waals surface area contributed by atoms with Gasteiger partial charge in [-0.25, -0.2) is 0 Å². The number of aliphatic imine (C=N–C) groups is 1. The largest absolute Gasteiger partial charge is 0.388 e. The summed E-state index contributed by atoms with van der Waals surface area (Å²) in [6.07, 6.45) is 2.25. The van der Waals surface area contributed by atoms with Crippen LogP contribution in [0.4, 0.5) is 0 Å². The van der Waals surface area contributed by atoms with Crippen LogP contribution in [0.1, 0.15) is 54.4 Å². The van der Waals surface area contributed by atoms with Crippen molar-refractivity contribution < 1.29 is 0 Å². The fourth-order valence-electron chi connectivity index (χ4n) is 1.81. The molecule has 0 spiro atoms. The van der Waals surface area contributed by atoms with E-state index in [0.29, 0.717) is 11.3 Å². The third-order valence-corrected chi connectivity index (χ3v) is 2.35. The standard InChI is InChI=1S/C11H24N2/c1-7-10(3,4)8-11(5,6)13-9(2)12/h7-8H2,1-6H3,(H2,12,13). The predicted molar refractivity (Wildman–Crippen MR) is 60.1 cm³/mol. The first-order chi connectivity index (χ1) is 5.68. The first-order valence-electron chi connectivity index (χ1n) is 5.00. The van der Waals surface area contributed by atoms with Crippen LogP contribution < -0.4 is 5.73 Å². The Balaban J connectivity index is 4.42. The lowest BCUT2D eigenvalue weighted by Gasteiger charge is -2.31. The molecule has 0 aliphatic rings. The van der Waals surface area contributed by atoms with E-state index in [2.05, 4.69) is 39.6 Å². The molecule has 0 aromatic rings. The van der Waals surface area contributed by atoms with Gasteiger partial charge in [0.25, 0.3) is 0 Å². The second-order valence-corrected chi connectivity index (χ2v) is 5.26. The lowest BCUT2D eigenvalue weighted by atomic mass is 9.78. The summed E-state index contributed by atoms with van der Waals surface area (Å²) in [4.78, 5) is 4.44. The van der Waals surface area contributed by atoms with Gasteiger partial charge in [0, 0.05) is 0 Å². The van der Waals surface area contributed by atoms with Crippen LogP contribution in [0.5, 0.6) is 0 Å². The highest BCUT2D eigenvalue weighted by molar-refractivity contribution is 5.77. The second-order valence-electron chi connectivity index (χ2n) is 5.26. The van der Waals surface area contributed by atoms with Crippen LogP contribution >= 0.6 is 0 Å². The molecule has 2 heteroatoms. The molecular formula is C11H24N2. The quantitative estimate of drug-likeness (QED) is 0.529. The summed E-state index contributed by atoms with van der Waals surface area (Å²) < 4.78 is 0. The molecule has 0 rings (SSSR count). The summed E-state index contributed by atoms with van der Waals surface area (Å²) in [5, 5.41) is 0. The first kappa shape index (κ1) is 12.5. The molecule has 0 unspecified atom stereocenters. The molecule has 78 valence electrons. The molecule has 0 aromatic carbocycles. The topological polar surface area (TPSA) is 38.4 Å². The lowest BCUT2D eigenvalue weighted by Crippen LogP contribution is -2.28. The molecule has 0 radical (unpaired) electrons. The van der Waals surface area contributed by atoms with Crippen LogP contribution in [0.15, 0.2) is 4.99 Å². The molecule has 2 nitrogen and oxygen atoms in total. The normalized spacial score (nSPS) is 14.8. The summed E-state index contributed by atoms with van der Waals surface area (Å²) in [5.41, 5.74) is 5.91. The number of hydrogen-bond acceptors (Lipinski definition) is 1. The van der Waals surface area contributed by atoms with Gasteiger partial charge in [-0.1, -0.05) is 27.2 Å². The maximum Gasteiger partial charge on any atom is 0.0912 e. The molecule has 0 saturated carbocycles. The second kappa shape index (κ2) is 4.12. The molecule has 2 N–H and O–H groups in total. The summed E-state index contributed by atoms with van der Waals surface area (Å²) in [7, 11) is 0. The van der Waals surface area contributed by atoms with Gasteiger partial charge in [-0.3, -0.25) is 4.99 Å². The lowest BCUT2D eigenvalue weighted by molar-refractivity contribution is 0.252. The average molecular weight is 184 g/mol. The molecule has 0 amide bonds. The Morgan fingerprint density at radius 1 is 1.23 bits per heavy atom. The zero-order chi connectivity index (χ0) is 10.7. The van der Waals surface area contributed by atoms with Crippen LogP contribution in [0.25, 0.3) is 0 Å². The van der Waals surface area contributed by atoms with Crippen molar-refractivity contribution in [3.8, 4) is 0 Å². The monoisotopic (exact) mass is 184 g/mol. The first-order valence-corrected chi connectivity index (χ1v) is 5.00. The number of nitrogens with zero attached hydrogens (tertiary/aromatic N) is 1. The van der Waals surface area contributed by atoms with Crippen LogP contribution in [0, 0.1) is 5.41 Å². The smallest absolute Gasteiger partial charge is 0.0912 e. The van der Waals surface area contributed by atoms with E-state index in [1.165, 1.54) is 6.42 Å². The van der Waals surface area contributed by atoms with Gasteiger partial charge >= 0.3 is 0 Å². The molecule has 13 heavy (non-hydrogen) atoms. The van der Waals surface area contributed by atoms with Crippen LogP contribution in [0.2, 0.25) is 0 Å². The highest BCUT2D eigenvalue weighted by atomic mass is 14.9. The molecule has 0 bridgehead atoms. The van der Waals surface area contributed by atoms with E-state index in [-0.39, 0.29) is 5.54 Å². The van der Waals surface area contributed by atoms with Gasteiger partial charge in [-0.2, -0.15) is 0 Å². The minimum absolute atomic E-state index is 0.0294. The maximum atomic E-state index is 5.59. The molecule has 0 aromatic heterocycles. The molecule has 0 heterocycles. The zero-order valence-corrected chi connectivity index (χ0v) is 9.94. The Labute approximate surface area is 82.6 Å². The number of amidine groups is 1. The van der Waals surface area contributed by atoms with Crippen LogP contribution in [0.3, 0.4) is 0 Å². The van der Waals surface area contributed by atoms with Gasteiger partial charge in [0.05, 0.1) is 11.4 Å². The van der Waals surface area contributed by atoms with E-state index in [1.807, 2.05) is 6.92 Å². The van der Waals surface area contributed by atoms with E-state index in [0.717, 1.165) is 6.42 Å².